The van der Waals surface area contributed by atoms with Crippen LogP contribution in [0.2, 0.25) is 0 Å². The molecule has 26 heavy (non-hydrogen) atoms. The SMILES string of the molecule is O=C1CCC2(CCN(C[C@H]3COCCO3)CC2)CN1Cc1ccccn1. The highest BCUT2D eigenvalue weighted by molar-refractivity contribution is 5.77. The summed E-state index contributed by atoms with van der Waals surface area (Å²) in [7, 11) is 0. The Hall–Kier alpha value is -1.50. The molecule has 1 spiro atoms. The van der Waals surface area contributed by atoms with Crippen LogP contribution in [-0.4, -0.2) is 72.8 Å². The molecule has 3 saturated heterocycles. The van der Waals surface area contributed by atoms with Crippen molar-refractivity contribution in [1.82, 2.24) is 14.8 Å². The molecule has 3 aliphatic heterocycles. The lowest BCUT2D eigenvalue weighted by atomic mass is 9.72. The molecule has 1 amide bonds. The number of carbonyl (C=O) groups excluding carboxylic acids is 1. The molecule has 0 saturated carbocycles. The van der Waals surface area contributed by atoms with Gasteiger partial charge in [-0.2, -0.15) is 0 Å². The molecule has 0 N–H and O–H groups in total. The number of hydrogen-bond donors (Lipinski definition) is 0. The summed E-state index contributed by atoms with van der Waals surface area (Å²) in [6.45, 7) is 6.81. The first-order valence-corrected chi connectivity index (χ1v) is 9.82. The Morgan fingerprint density at radius 3 is 2.81 bits per heavy atom. The van der Waals surface area contributed by atoms with E-state index in [0.717, 1.165) is 57.7 Å². The number of nitrogens with zero attached hydrogens (tertiary/aromatic N) is 3. The van der Waals surface area contributed by atoms with Gasteiger partial charge in [0, 0.05) is 25.7 Å². The summed E-state index contributed by atoms with van der Waals surface area (Å²) in [5, 5.41) is 0. The number of amides is 1. The molecule has 0 aromatic carbocycles. The maximum absolute atomic E-state index is 12.4. The van der Waals surface area contributed by atoms with Crippen molar-refractivity contribution in [3.05, 3.63) is 30.1 Å². The van der Waals surface area contributed by atoms with Crippen molar-refractivity contribution >= 4 is 5.91 Å². The van der Waals surface area contributed by atoms with Crippen LogP contribution in [-0.2, 0) is 20.8 Å². The Kier molecular flexibility index (Phi) is 5.52. The molecular formula is C20H29N3O3. The fourth-order valence-electron chi connectivity index (χ4n) is 4.48. The first-order valence-electron chi connectivity index (χ1n) is 9.82. The van der Waals surface area contributed by atoms with Gasteiger partial charge in [0.25, 0.3) is 0 Å². The first-order chi connectivity index (χ1) is 12.7. The van der Waals surface area contributed by atoms with Crippen molar-refractivity contribution in [2.24, 2.45) is 5.41 Å². The molecule has 4 rings (SSSR count). The summed E-state index contributed by atoms with van der Waals surface area (Å²) in [5.74, 6) is 0.275. The molecule has 6 heteroatoms. The minimum Gasteiger partial charge on any atom is -0.376 e. The van der Waals surface area contributed by atoms with Gasteiger partial charge in [0.15, 0.2) is 0 Å². The van der Waals surface area contributed by atoms with E-state index < -0.39 is 0 Å². The zero-order valence-electron chi connectivity index (χ0n) is 15.4. The molecule has 6 nitrogen and oxygen atoms in total. The maximum atomic E-state index is 12.4. The Balaban J connectivity index is 1.32. The van der Waals surface area contributed by atoms with E-state index in [-0.39, 0.29) is 17.4 Å². The highest BCUT2D eigenvalue weighted by Crippen LogP contribution is 2.40. The molecule has 0 aliphatic carbocycles. The van der Waals surface area contributed by atoms with Crippen LogP contribution >= 0.6 is 0 Å². The van der Waals surface area contributed by atoms with Crippen molar-refractivity contribution in [2.45, 2.75) is 38.3 Å². The van der Waals surface area contributed by atoms with E-state index in [1.807, 2.05) is 23.1 Å². The van der Waals surface area contributed by atoms with Crippen LogP contribution in [0.5, 0.6) is 0 Å². The molecule has 142 valence electrons. The number of carbonyl (C=O) groups is 1. The molecule has 0 radical (unpaired) electrons. The van der Waals surface area contributed by atoms with Crippen LogP contribution in [0.3, 0.4) is 0 Å². The summed E-state index contributed by atoms with van der Waals surface area (Å²) in [6.07, 6.45) is 6.04. The number of piperidine rings is 2. The van der Waals surface area contributed by atoms with E-state index in [1.165, 1.54) is 0 Å². The van der Waals surface area contributed by atoms with Gasteiger partial charge in [0.05, 0.1) is 38.2 Å². The second-order valence-electron chi connectivity index (χ2n) is 7.94. The maximum Gasteiger partial charge on any atom is 0.222 e. The lowest BCUT2D eigenvalue weighted by Crippen LogP contribution is -2.52. The standard InChI is InChI=1S/C20H29N3O3/c24-19-4-5-20(16-23(19)13-17-3-1-2-8-21-17)6-9-22(10-7-20)14-18-15-25-11-12-26-18/h1-3,8,18H,4-7,9-16H2/t18-/m0/s1. The largest absolute Gasteiger partial charge is 0.376 e. The highest BCUT2D eigenvalue weighted by Gasteiger charge is 2.41. The molecule has 1 atom stereocenters. The van der Waals surface area contributed by atoms with Gasteiger partial charge in [0.1, 0.15) is 0 Å². The molecule has 3 fully saturated rings. The summed E-state index contributed by atoms with van der Waals surface area (Å²) >= 11 is 0. The lowest BCUT2D eigenvalue weighted by Gasteiger charge is -2.48. The van der Waals surface area contributed by atoms with Gasteiger partial charge in [-0.25, -0.2) is 0 Å². The Bertz CT molecular complexity index is 596. The quantitative estimate of drug-likeness (QED) is 0.819. The third-order valence-electron chi connectivity index (χ3n) is 6.09. The molecular weight excluding hydrogens is 330 g/mol. The van der Waals surface area contributed by atoms with Gasteiger partial charge >= 0.3 is 0 Å². The minimum absolute atomic E-state index is 0.214. The normalized spacial score (nSPS) is 27.0. The third kappa shape index (κ3) is 4.24. The zero-order valence-corrected chi connectivity index (χ0v) is 15.4. The van der Waals surface area contributed by atoms with E-state index in [9.17, 15) is 4.79 Å². The molecule has 4 heterocycles. The first kappa shape index (κ1) is 17.9. The van der Waals surface area contributed by atoms with Crippen LogP contribution in [0.15, 0.2) is 24.4 Å². The van der Waals surface area contributed by atoms with Gasteiger partial charge in [-0.05, 0) is 49.9 Å². The van der Waals surface area contributed by atoms with Gasteiger partial charge in [0.2, 0.25) is 5.91 Å². The lowest BCUT2D eigenvalue weighted by molar-refractivity contribution is -0.140. The number of pyridine rings is 1. The topological polar surface area (TPSA) is 54.9 Å². The van der Waals surface area contributed by atoms with Gasteiger partial charge < -0.3 is 19.3 Å². The molecule has 1 aromatic rings. The molecule has 0 bridgehead atoms. The van der Waals surface area contributed by atoms with Crippen molar-refractivity contribution in [1.29, 1.82) is 0 Å². The summed E-state index contributed by atoms with van der Waals surface area (Å²) < 4.78 is 11.3. The average Bonchev–Trinajstić information content (AvgIpc) is 2.69. The van der Waals surface area contributed by atoms with Crippen LogP contribution in [0.4, 0.5) is 0 Å². The Labute approximate surface area is 155 Å². The van der Waals surface area contributed by atoms with E-state index in [1.54, 1.807) is 6.20 Å². The summed E-state index contributed by atoms with van der Waals surface area (Å²) in [4.78, 5) is 21.3. The van der Waals surface area contributed by atoms with E-state index in [0.29, 0.717) is 26.2 Å². The van der Waals surface area contributed by atoms with Crippen molar-refractivity contribution < 1.29 is 14.3 Å². The van der Waals surface area contributed by atoms with Crippen LogP contribution in [0.25, 0.3) is 0 Å². The fourth-order valence-corrected chi connectivity index (χ4v) is 4.48. The number of likely N-dealkylation sites (tertiary alicyclic amines) is 2. The highest BCUT2D eigenvalue weighted by atomic mass is 16.6. The number of aromatic nitrogens is 1. The molecule has 0 unspecified atom stereocenters. The Morgan fingerprint density at radius 2 is 2.08 bits per heavy atom. The van der Waals surface area contributed by atoms with Crippen molar-refractivity contribution in [3.8, 4) is 0 Å². The average molecular weight is 359 g/mol. The predicted octanol–water partition coefficient (Wildman–Crippen LogP) is 1.70. The summed E-state index contributed by atoms with van der Waals surface area (Å²) in [5.41, 5.74) is 1.26. The summed E-state index contributed by atoms with van der Waals surface area (Å²) in [6, 6.07) is 5.91. The van der Waals surface area contributed by atoms with E-state index in [2.05, 4.69) is 9.88 Å². The molecule has 1 aromatic heterocycles. The van der Waals surface area contributed by atoms with E-state index in [4.69, 9.17) is 9.47 Å². The monoisotopic (exact) mass is 359 g/mol. The third-order valence-corrected chi connectivity index (χ3v) is 6.09. The minimum atomic E-state index is 0.214. The number of ether oxygens (including phenoxy) is 2. The number of hydrogen-bond acceptors (Lipinski definition) is 5. The van der Waals surface area contributed by atoms with Crippen LogP contribution in [0.1, 0.15) is 31.4 Å². The Morgan fingerprint density at radius 1 is 1.19 bits per heavy atom. The van der Waals surface area contributed by atoms with E-state index >= 15 is 0 Å². The van der Waals surface area contributed by atoms with Gasteiger partial charge in [-0.15, -0.1) is 0 Å². The fraction of sp³-hybridized carbons (Fsp3) is 0.700. The van der Waals surface area contributed by atoms with Crippen molar-refractivity contribution in [2.75, 3.05) is 46.0 Å². The zero-order chi connectivity index (χ0) is 17.8. The number of rotatable bonds is 4. The van der Waals surface area contributed by atoms with Crippen molar-refractivity contribution in [3.63, 3.8) is 0 Å². The predicted molar refractivity (Wildman–Crippen MR) is 97.6 cm³/mol. The van der Waals surface area contributed by atoms with Gasteiger partial charge in [-0.3, -0.25) is 9.78 Å². The van der Waals surface area contributed by atoms with Crippen LogP contribution < -0.4 is 0 Å². The van der Waals surface area contributed by atoms with Crippen LogP contribution in [0, 0.1) is 5.41 Å². The molecule has 3 aliphatic rings. The second-order valence-corrected chi connectivity index (χ2v) is 7.94. The van der Waals surface area contributed by atoms with Gasteiger partial charge in [-0.1, -0.05) is 6.07 Å². The smallest absolute Gasteiger partial charge is 0.222 e. The second kappa shape index (κ2) is 8.03.